The lowest BCUT2D eigenvalue weighted by Gasteiger charge is -1.94. The van der Waals surface area contributed by atoms with E-state index in [4.69, 9.17) is 4.42 Å². The summed E-state index contributed by atoms with van der Waals surface area (Å²) < 4.78 is 18.6. The minimum absolute atomic E-state index is 0.162. The number of carbonyl (C=O) groups excluding carboxylic acids is 1. The number of hydrogen-bond acceptors (Lipinski definition) is 3. The number of benzene rings is 1. The fourth-order valence-electron chi connectivity index (χ4n) is 1.94. The molecule has 0 saturated carbocycles. The van der Waals surface area contributed by atoms with Crippen molar-refractivity contribution in [2.45, 2.75) is 6.92 Å². The predicted octanol–water partition coefficient (Wildman–Crippen LogP) is 4.17. The van der Waals surface area contributed by atoms with Crippen LogP contribution < -0.4 is 0 Å². The van der Waals surface area contributed by atoms with Crippen LogP contribution in [0.15, 0.2) is 39.4 Å². The van der Waals surface area contributed by atoms with Gasteiger partial charge in [-0.15, -0.1) is 0 Å². The maximum Gasteiger partial charge on any atom is 0.229 e. The van der Waals surface area contributed by atoms with Crippen molar-refractivity contribution in [3.8, 4) is 0 Å². The van der Waals surface area contributed by atoms with Gasteiger partial charge in [-0.3, -0.25) is 4.79 Å². The molecule has 0 unspecified atom stereocenters. The fourth-order valence-corrected chi connectivity index (χ4v) is 2.58. The van der Waals surface area contributed by atoms with E-state index in [1.165, 1.54) is 23.5 Å². The lowest BCUT2D eigenvalue weighted by molar-refractivity contribution is 0.101. The Bertz CT molecular complexity index is 726. The van der Waals surface area contributed by atoms with Gasteiger partial charge >= 0.3 is 0 Å². The molecule has 0 atom stereocenters. The summed E-state index contributed by atoms with van der Waals surface area (Å²) in [5.41, 5.74) is 1.76. The largest absolute Gasteiger partial charge is 0.452 e. The zero-order valence-electron chi connectivity index (χ0n) is 9.57. The summed E-state index contributed by atoms with van der Waals surface area (Å²) in [5, 5.41) is 4.38. The first-order chi connectivity index (χ1) is 8.66. The van der Waals surface area contributed by atoms with Crippen molar-refractivity contribution in [3.63, 3.8) is 0 Å². The van der Waals surface area contributed by atoms with E-state index < -0.39 is 0 Å². The molecule has 18 heavy (non-hydrogen) atoms. The number of carbonyl (C=O) groups is 1. The molecule has 0 aliphatic rings. The number of fused-ring (bicyclic) bond motifs is 1. The highest BCUT2D eigenvalue weighted by Crippen LogP contribution is 2.28. The van der Waals surface area contributed by atoms with Crippen molar-refractivity contribution in [1.82, 2.24) is 0 Å². The van der Waals surface area contributed by atoms with Crippen LogP contribution in [0.4, 0.5) is 4.39 Å². The number of rotatable bonds is 2. The van der Waals surface area contributed by atoms with E-state index >= 15 is 0 Å². The first-order valence-electron chi connectivity index (χ1n) is 5.42. The summed E-state index contributed by atoms with van der Waals surface area (Å²) in [6.07, 6.45) is 0. The summed E-state index contributed by atoms with van der Waals surface area (Å²) in [4.78, 5) is 12.2. The van der Waals surface area contributed by atoms with Crippen LogP contribution in [0, 0.1) is 12.7 Å². The first kappa shape index (κ1) is 11.2. The van der Waals surface area contributed by atoms with Gasteiger partial charge in [0.15, 0.2) is 5.76 Å². The number of ketones is 1. The van der Waals surface area contributed by atoms with Crippen molar-refractivity contribution < 1.29 is 13.6 Å². The Labute approximate surface area is 107 Å². The Morgan fingerprint density at radius 1 is 1.33 bits per heavy atom. The molecular weight excluding hydrogens is 251 g/mol. The molecule has 3 rings (SSSR count). The molecule has 3 aromatic rings. The second-order valence-electron chi connectivity index (χ2n) is 4.04. The standard InChI is InChI=1S/C14H9FO2S/c1-8-11-3-2-10(15)6-12(11)17-14(8)13(16)9-4-5-18-7-9/h2-7H,1H3. The van der Waals surface area contributed by atoms with Gasteiger partial charge < -0.3 is 4.42 Å². The van der Waals surface area contributed by atoms with Gasteiger partial charge in [0.1, 0.15) is 11.4 Å². The third-order valence-corrected chi connectivity index (χ3v) is 3.57. The summed E-state index contributed by atoms with van der Waals surface area (Å²) in [6.45, 7) is 1.81. The Hall–Kier alpha value is -1.94. The van der Waals surface area contributed by atoms with Crippen molar-refractivity contribution in [3.05, 3.63) is 57.7 Å². The van der Waals surface area contributed by atoms with Gasteiger partial charge in [-0.2, -0.15) is 11.3 Å². The molecule has 1 aromatic carbocycles. The molecule has 2 aromatic heterocycles. The van der Waals surface area contributed by atoms with E-state index in [1.54, 1.807) is 17.5 Å². The average molecular weight is 260 g/mol. The zero-order valence-corrected chi connectivity index (χ0v) is 10.4. The molecule has 4 heteroatoms. The van der Waals surface area contributed by atoms with Crippen LogP contribution in [0.3, 0.4) is 0 Å². The molecule has 0 spiro atoms. The minimum atomic E-state index is -0.370. The van der Waals surface area contributed by atoms with E-state index in [1.807, 2.05) is 12.3 Å². The molecule has 0 N–H and O–H groups in total. The van der Waals surface area contributed by atoms with E-state index in [2.05, 4.69) is 0 Å². The van der Waals surface area contributed by atoms with Gasteiger partial charge in [0.25, 0.3) is 0 Å². The van der Waals surface area contributed by atoms with E-state index in [-0.39, 0.29) is 17.4 Å². The summed E-state index contributed by atoms with van der Waals surface area (Å²) in [5.74, 6) is -0.245. The molecule has 0 bridgehead atoms. The highest BCUT2D eigenvalue weighted by Gasteiger charge is 2.19. The van der Waals surface area contributed by atoms with Gasteiger partial charge in [0.05, 0.1) is 0 Å². The third kappa shape index (κ3) is 1.66. The van der Waals surface area contributed by atoms with Gasteiger partial charge in [0, 0.05) is 28.0 Å². The number of halogens is 1. The van der Waals surface area contributed by atoms with Crippen molar-refractivity contribution in [2.24, 2.45) is 0 Å². The average Bonchev–Trinajstić information content (AvgIpc) is 2.97. The van der Waals surface area contributed by atoms with Crippen LogP contribution in [-0.2, 0) is 0 Å². The fraction of sp³-hybridized carbons (Fsp3) is 0.0714. The Morgan fingerprint density at radius 3 is 2.89 bits per heavy atom. The molecule has 0 aliphatic carbocycles. The number of hydrogen-bond donors (Lipinski definition) is 0. The smallest absolute Gasteiger partial charge is 0.229 e. The van der Waals surface area contributed by atoms with Gasteiger partial charge in [0.2, 0.25) is 5.78 Å². The van der Waals surface area contributed by atoms with E-state index in [9.17, 15) is 9.18 Å². The zero-order chi connectivity index (χ0) is 12.7. The quantitative estimate of drug-likeness (QED) is 0.647. The van der Waals surface area contributed by atoms with Gasteiger partial charge in [-0.05, 0) is 30.5 Å². The molecule has 0 aliphatic heterocycles. The number of aryl methyl sites for hydroxylation is 1. The van der Waals surface area contributed by atoms with Crippen LogP contribution in [0.2, 0.25) is 0 Å². The Morgan fingerprint density at radius 2 is 2.17 bits per heavy atom. The molecule has 0 radical (unpaired) electrons. The third-order valence-electron chi connectivity index (χ3n) is 2.89. The topological polar surface area (TPSA) is 30.2 Å². The molecule has 90 valence electrons. The second-order valence-corrected chi connectivity index (χ2v) is 4.82. The first-order valence-corrected chi connectivity index (χ1v) is 6.36. The van der Waals surface area contributed by atoms with E-state index in [0.29, 0.717) is 11.1 Å². The molecule has 2 heterocycles. The second kappa shape index (κ2) is 4.07. The van der Waals surface area contributed by atoms with Crippen LogP contribution in [0.25, 0.3) is 11.0 Å². The maximum absolute atomic E-state index is 13.1. The van der Waals surface area contributed by atoms with E-state index in [0.717, 1.165) is 10.9 Å². The summed E-state index contributed by atoms with van der Waals surface area (Å²) in [6, 6.07) is 6.05. The van der Waals surface area contributed by atoms with Crippen LogP contribution in [0.1, 0.15) is 21.7 Å². The number of thiophene rings is 1. The normalized spacial score (nSPS) is 11.0. The molecule has 0 saturated heterocycles. The SMILES string of the molecule is Cc1c(C(=O)c2ccsc2)oc2cc(F)ccc12. The van der Waals surface area contributed by atoms with Crippen LogP contribution in [-0.4, -0.2) is 5.78 Å². The van der Waals surface area contributed by atoms with Crippen LogP contribution in [0.5, 0.6) is 0 Å². The van der Waals surface area contributed by atoms with Crippen molar-refractivity contribution >= 4 is 28.1 Å². The van der Waals surface area contributed by atoms with Crippen molar-refractivity contribution in [1.29, 1.82) is 0 Å². The lowest BCUT2D eigenvalue weighted by Crippen LogP contribution is -1.99. The molecule has 0 fully saturated rings. The highest BCUT2D eigenvalue weighted by molar-refractivity contribution is 7.08. The summed E-state index contributed by atoms with van der Waals surface area (Å²) in [7, 11) is 0. The Balaban J connectivity index is 2.18. The lowest BCUT2D eigenvalue weighted by atomic mass is 10.1. The van der Waals surface area contributed by atoms with Crippen molar-refractivity contribution in [2.75, 3.05) is 0 Å². The molecule has 2 nitrogen and oxygen atoms in total. The molecule has 0 amide bonds. The molecular formula is C14H9FO2S. The van der Waals surface area contributed by atoms with Crippen LogP contribution >= 0.6 is 11.3 Å². The maximum atomic E-state index is 13.1. The monoisotopic (exact) mass is 260 g/mol. The van der Waals surface area contributed by atoms with Gasteiger partial charge in [-0.1, -0.05) is 0 Å². The Kier molecular flexibility index (Phi) is 2.52. The number of furan rings is 1. The minimum Gasteiger partial charge on any atom is -0.452 e. The summed E-state index contributed by atoms with van der Waals surface area (Å²) >= 11 is 1.46. The predicted molar refractivity (Wildman–Crippen MR) is 68.7 cm³/mol. The van der Waals surface area contributed by atoms with Gasteiger partial charge in [-0.25, -0.2) is 4.39 Å². The highest BCUT2D eigenvalue weighted by atomic mass is 32.1.